The molecule has 0 spiro atoms. The number of likely N-dealkylation sites (N-methyl/N-ethyl adjacent to an activating group) is 1. The van der Waals surface area contributed by atoms with Crippen molar-refractivity contribution < 1.29 is 9.59 Å². The third-order valence-electron chi connectivity index (χ3n) is 4.32. The molecule has 1 aliphatic heterocycles. The fourth-order valence-electron chi connectivity index (χ4n) is 3.05. The van der Waals surface area contributed by atoms with Gasteiger partial charge in [0.2, 0.25) is 11.8 Å². The molecular formula is C20H22BrN3O2. The standard InChI is InChI=1S/C20H22BrN3O2/c1-23(13-15-4-6-16(21)7-5-15)14-19(25)22-17-8-10-18(11-9-17)24-12-2-3-20(24)26/h4-11H,2-3,12-14H2,1H3,(H,22,25). The molecule has 0 aromatic heterocycles. The van der Waals surface area contributed by atoms with Crippen molar-refractivity contribution >= 4 is 39.1 Å². The fraction of sp³-hybridized carbons (Fsp3) is 0.300. The maximum Gasteiger partial charge on any atom is 0.238 e. The maximum atomic E-state index is 12.2. The molecule has 0 aliphatic carbocycles. The number of halogens is 1. The second-order valence-electron chi connectivity index (χ2n) is 6.54. The molecule has 6 heteroatoms. The third kappa shape index (κ3) is 4.93. The lowest BCUT2D eigenvalue weighted by atomic mass is 10.2. The van der Waals surface area contributed by atoms with E-state index in [1.54, 1.807) is 4.90 Å². The summed E-state index contributed by atoms with van der Waals surface area (Å²) in [5.41, 5.74) is 2.78. The van der Waals surface area contributed by atoms with E-state index in [0.717, 1.165) is 34.4 Å². The average molecular weight is 416 g/mol. The summed E-state index contributed by atoms with van der Waals surface area (Å²) in [6, 6.07) is 15.5. The number of nitrogens with zero attached hydrogens (tertiary/aromatic N) is 2. The molecule has 0 unspecified atom stereocenters. The van der Waals surface area contributed by atoms with Gasteiger partial charge in [-0.3, -0.25) is 14.5 Å². The highest BCUT2D eigenvalue weighted by Crippen LogP contribution is 2.23. The molecule has 26 heavy (non-hydrogen) atoms. The summed E-state index contributed by atoms with van der Waals surface area (Å²) in [6.07, 6.45) is 1.52. The average Bonchev–Trinajstić information content (AvgIpc) is 3.03. The maximum absolute atomic E-state index is 12.2. The van der Waals surface area contributed by atoms with E-state index in [4.69, 9.17) is 0 Å². The normalized spacial score (nSPS) is 14.1. The Hall–Kier alpha value is -2.18. The van der Waals surface area contributed by atoms with E-state index < -0.39 is 0 Å². The van der Waals surface area contributed by atoms with Crippen LogP contribution in [0.5, 0.6) is 0 Å². The molecule has 3 rings (SSSR count). The number of nitrogens with one attached hydrogen (secondary N) is 1. The summed E-state index contributed by atoms with van der Waals surface area (Å²) in [4.78, 5) is 27.8. The molecule has 0 saturated carbocycles. The first-order valence-corrected chi connectivity index (χ1v) is 9.44. The van der Waals surface area contributed by atoms with Crippen LogP contribution in [0.25, 0.3) is 0 Å². The SMILES string of the molecule is CN(CC(=O)Nc1ccc(N2CCCC2=O)cc1)Cc1ccc(Br)cc1. The zero-order valence-corrected chi connectivity index (χ0v) is 16.3. The van der Waals surface area contributed by atoms with E-state index in [2.05, 4.69) is 21.2 Å². The van der Waals surface area contributed by atoms with Gasteiger partial charge in [-0.2, -0.15) is 0 Å². The zero-order valence-electron chi connectivity index (χ0n) is 14.7. The van der Waals surface area contributed by atoms with Gasteiger partial charge in [0, 0.05) is 35.4 Å². The molecule has 1 saturated heterocycles. The Morgan fingerprint density at radius 2 is 1.85 bits per heavy atom. The minimum atomic E-state index is -0.0605. The second-order valence-corrected chi connectivity index (χ2v) is 7.46. The van der Waals surface area contributed by atoms with Gasteiger partial charge in [0.1, 0.15) is 0 Å². The second kappa shape index (κ2) is 8.47. The molecule has 1 fully saturated rings. The van der Waals surface area contributed by atoms with E-state index >= 15 is 0 Å². The van der Waals surface area contributed by atoms with Crippen molar-refractivity contribution in [3.8, 4) is 0 Å². The van der Waals surface area contributed by atoms with Crippen LogP contribution in [0.2, 0.25) is 0 Å². The number of carbonyl (C=O) groups is 2. The van der Waals surface area contributed by atoms with Gasteiger partial charge in [-0.1, -0.05) is 28.1 Å². The van der Waals surface area contributed by atoms with Crippen LogP contribution in [0.15, 0.2) is 53.0 Å². The van der Waals surface area contributed by atoms with Crippen LogP contribution in [0.3, 0.4) is 0 Å². The first kappa shape index (κ1) is 18.6. The van der Waals surface area contributed by atoms with Crippen molar-refractivity contribution in [2.24, 2.45) is 0 Å². The van der Waals surface area contributed by atoms with Crippen LogP contribution in [-0.2, 0) is 16.1 Å². The van der Waals surface area contributed by atoms with Crippen molar-refractivity contribution in [3.63, 3.8) is 0 Å². The van der Waals surface area contributed by atoms with Crippen LogP contribution in [-0.4, -0.2) is 36.9 Å². The Morgan fingerprint density at radius 3 is 2.46 bits per heavy atom. The molecule has 2 aromatic carbocycles. The molecule has 0 atom stereocenters. The van der Waals surface area contributed by atoms with Gasteiger partial charge in [0.25, 0.3) is 0 Å². The summed E-state index contributed by atoms with van der Waals surface area (Å²) in [6.45, 7) is 1.78. The predicted octanol–water partition coefficient (Wildman–Crippen LogP) is 3.65. The van der Waals surface area contributed by atoms with Crippen molar-refractivity contribution in [2.45, 2.75) is 19.4 Å². The molecule has 136 valence electrons. The smallest absolute Gasteiger partial charge is 0.238 e. The van der Waals surface area contributed by atoms with E-state index in [1.165, 1.54) is 0 Å². The van der Waals surface area contributed by atoms with Gasteiger partial charge < -0.3 is 10.2 Å². The highest BCUT2D eigenvalue weighted by molar-refractivity contribution is 9.10. The summed E-state index contributed by atoms with van der Waals surface area (Å²) >= 11 is 3.42. The van der Waals surface area contributed by atoms with E-state index in [1.807, 2.05) is 60.5 Å². The summed E-state index contributed by atoms with van der Waals surface area (Å²) in [5.74, 6) is 0.103. The van der Waals surface area contributed by atoms with Gasteiger partial charge in [-0.25, -0.2) is 0 Å². The van der Waals surface area contributed by atoms with Gasteiger partial charge >= 0.3 is 0 Å². The Morgan fingerprint density at radius 1 is 1.15 bits per heavy atom. The fourth-order valence-corrected chi connectivity index (χ4v) is 3.31. The number of anilines is 2. The lowest BCUT2D eigenvalue weighted by Crippen LogP contribution is -2.29. The first-order valence-electron chi connectivity index (χ1n) is 8.64. The van der Waals surface area contributed by atoms with Gasteiger partial charge in [-0.15, -0.1) is 0 Å². The Labute approximate surface area is 162 Å². The Balaban J connectivity index is 1.51. The lowest BCUT2D eigenvalue weighted by Gasteiger charge is -2.18. The van der Waals surface area contributed by atoms with Gasteiger partial charge in [0.05, 0.1) is 6.54 Å². The summed E-state index contributed by atoms with van der Waals surface area (Å²) in [5, 5.41) is 2.91. The minimum Gasteiger partial charge on any atom is -0.325 e. The molecule has 0 radical (unpaired) electrons. The Kier molecular flexibility index (Phi) is 6.06. The van der Waals surface area contributed by atoms with Crippen molar-refractivity contribution in [1.29, 1.82) is 0 Å². The van der Waals surface area contributed by atoms with Crippen molar-refractivity contribution in [2.75, 3.05) is 30.4 Å². The van der Waals surface area contributed by atoms with E-state index in [0.29, 0.717) is 19.5 Å². The predicted molar refractivity (Wildman–Crippen MR) is 107 cm³/mol. The van der Waals surface area contributed by atoms with Crippen LogP contribution >= 0.6 is 15.9 Å². The zero-order chi connectivity index (χ0) is 18.5. The first-order chi connectivity index (χ1) is 12.5. The van der Waals surface area contributed by atoms with Gasteiger partial charge in [-0.05, 0) is 55.4 Å². The quantitative estimate of drug-likeness (QED) is 0.783. The molecule has 1 heterocycles. The van der Waals surface area contributed by atoms with Crippen LogP contribution < -0.4 is 10.2 Å². The topological polar surface area (TPSA) is 52.7 Å². The van der Waals surface area contributed by atoms with Crippen LogP contribution in [0, 0.1) is 0 Å². The van der Waals surface area contributed by atoms with Gasteiger partial charge in [0.15, 0.2) is 0 Å². The largest absolute Gasteiger partial charge is 0.325 e. The van der Waals surface area contributed by atoms with Crippen molar-refractivity contribution in [3.05, 3.63) is 58.6 Å². The van der Waals surface area contributed by atoms with E-state index in [9.17, 15) is 9.59 Å². The summed E-state index contributed by atoms with van der Waals surface area (Å²) in [7, 11) is 1.92. The molecule has 2 amide bonds. The molecule has 5 nitrogen and oxygen atoms in total. The number of benzene rings is 2. The van der Waals surface area contributed by atoms with Crippen molar-refractivity contribution in [1.82, 2.24) is 4.90 Å². The summed E-state index contributed by atoms with van der Waals surface area (Å²) < 4.78 is 1.04. The number of hydrogen-bond acceptors (Lipinski definition) is 3. The van der Waals surface area contributed by atoms with Crippen LogP contribution in [0.4, 0.5) is 11.4 Å². The van der Waals surface area contributed by atoms with Crippen LogP contribution in [0.1, 0.15) is 18.4 Å². The molecular weight excluding hydrogens is 394 g/mol. The highest BCUT2D eigenvalue weighted by atomic mass is 79.9. The third-order valence-corrected chi connectivity index (χ3v) is 4.84. The monoisotopic (exact) mass is 415 g/mol. The lowest BCUT2D eigenvalue weighted by molar-refractivity contribution is -0.117. The molecule has 1 aliphatic rings. The Bertz CT molecular complexity index is 775. The number of carbonyl (C=O) groups excluding carboxylic acids is 2. The highest BCUT2D eigenvalue weighted by Gasteiger charge is 2.21. The number of amides is 2. The number of rotatable bonds is 6. The minimum absolute atomic E-state index is 0.0605. The molecule has 0 bridgehead atoms. The van der Waals surface area contributed by atoms with E-state index in [-0.39, 0.29) is 11.8 Å². The molecule has 2 aromatic rings. The number of hydrogen-bond donors (Lipinski definition) is 1. The molecule has 1 N–H and O–H groups in total.